The van der Waals surface area contributed by atoms with E-state index in [1.165, 1.54) is 30.7 Å². The number of aryl methyl sites for hydroxylation is 2. The molecule has 0 fully saturated rings. The van der Waals surface area contributed by atoms with Crippen LogP contribution in [0.25, 0.3) is 11.1 Å². The van der Waals surface area contributed by atoms with Crippen LogP contribution in [-0.2, 0) is 34.9 Å². The number of hydrogen-bond acceptors (Lipinski definition) is 4. The first-order valence-corrected chi connectivity index (χ1v) is 13.7. The minimum absolute atomic E-state index is 0.0213. The van der Waals surface area contributed by atoms with Crippen LogP contribution in [0.15, 0.2) is 72.8 Å². The molecule has 0 atom stereocenters. The van der Waals surface area contributed by atoms with Crippen molar-refractivity contribution in [2.75, 3.05) is 13.2 Å². The summed E-state index contributed by atoms with van der Waals surface area (Å²) in [7, 11) is 0. The molecule has 0 bridgehead atoms. The normalized spacial score (nSPS) is 11.3. The SMILES string of the molecule is C=C(C)C(=O)OCCc1cc(OC(F)(F)c2ccc(-c3ccc(CCCCC)cc3)cc2F)ccc1CCCO. The maximum atomic E-state index is 15.1. The lowest BCUT2D eigenvalue weighted by Gasteiger charge is -2.20. The van der Waals surface area contributed by atoms with Crippen LogP contribution < -0.4 is 4.74 Å². The monoisotopic (exact) mass is 554 g/mol. The van der Waals surface area contributed by atoms with E-state index in [2.05, 4.69) is 13.5 Å². The molecule has 0 spiro atoms. The average molecular weight is 555 g/mol. The van der Waals surface area contributed by atoms with Gasteiger partial charge in [0.15, 0.2) is 0 Å². The van der Waals surface area contributed by atoms with Crippen molar-refractivity contribution in [3.8, 4) is 16.9 Å². The van der Waals surface area contributed by atoms with Crippen LogP contribution in [0.4, 0.5) is 13.2 Å². The van der Waals surface area contributed by atoms with E-state index in [1.807, 2.05) is 24.3 Å². The number of alkyl halides is 2. The molecule has 0 aliphatic carbocycles. The van der Waals surface area contributed by atoms with Crippen molar-refractivity contribution in [3.63, 3.8) is 0 Å². The topological polar surface area (TPSA) is 55.8 Å². The molecule has 3 aromatic rings. The van der Waals surface area contributed by atoms with Gasteiger partial charge in [-0.05, 0) is 84.7 Å². The van der Waals surface area contributed by atoms with Gasteiger partial charge in [-0.3, -0.25) is 0 Å². The Hall–Kier alpha value is -3.58. The highest BCUT2D eigenvalue weighted by Gasteiger charge is 2.38. The van der Waals surface area contributed by atoms with Crippen molar-refractivity contribution < 1.29 is 32.5 Å². The number of unbranched alkanes of at least 4 members (excludes halogenated alkanes) is 2. The summed E-state index contributed by atoms with van der Waals surface area (Å²) < 4.78 is 55.4. The van der Waals surface area contributed by atoms with Crippen molar-refractivity contribution in [2.24, 2.45) is 0 Å². The highest BCUT2D eigenvalue weighted by molar-refractivity contribution is 5.86. The molecule has 40 heavy (non-hydrogen) atoms. The van der Waals surface area contributed by atoms with Crippen molar-refractivity contribution in [2.45, 2.75) is 64.9 Å². The fourth-order valence-electron chi connectivity index (χ4n) is 4.37. The number of aliphatic hydroxyl groups excluding tert-OH is 1. The third kappa shape index (κ3) is 8.71. The molecule has 0 saturated carbocycles. The second-order valence-corrected chi connectivity index (χ2v) is 9.89. The Bertz CT molecular complexity index is 1290. The van der Waals surface area contributed by atoms with Gasteiger partial charge in [0.1, 0.15) is 11.6 Å². The van der Waals surface area contributed by atoms with Gasteiger partial charge in [-0.15, -0.1) is 0 Å². The molecule has 0 unspecified atom stereocenters. The molecule has 4 nitrogen and oxygen atoms in total. The van der Waals surface area contributed by atoms with Crippen molar-refractivity contribution in [1.29, 1.82) is 0 Å². The molecular weight excluding hydrogens is 517 g/mol. The molecular formula is C33H37F3O4. The maximum absolute atomic E-state index is 15.1. The van der Waals surface area contributed by atoms with E-state index in [0.717, 1.165) is 48.9 Å². The summed E-state index contributed by atoms with van der Waals surface area (Å²) in [4.78, 5) is 11.7. The quantitative estimate of drug-likeness (QED) is 0.118. The first-order valence-electron chi connectivity index (χ1n) is 13.7. The molecule has 0 aromatic heterocycles. The summed E-state index contributed by atoms with van der Waals surface area (Å²) in [6, 6.07) is 15.8. The van der Waals surface area contributed by atoms with Gasteiger partial charge < -0.3 is 14.6 Å². The fourth-order valence-corrected chi connectivity index (χ4v) is 4.37. The second-order valence-electron chi connectivity index (χ2n) is 9.89. The summed E-state index contributed by atoms with van der Waals surface area (Å²) in [5, 5.41) is 9.19. The van der Waals surface area contributed by atoms with Gasteiger partial charge in [-0.2, -0.15) is 8.78 Å². The zero-order valence-electron chi connectivity index (χ0n) is 23.2. The number of carbonyl (C=O) groups excluding carboxylic acids is 1. The Morgan fingerprint density at radius 3 is 2.27 bits per heavy atom. The molecule has 0 radical (unpaired) electrons. The number of esters is 1. The lowest BCUT2D eigenvalue weighted by atomic mass is 9.99. The number of hydrogen-bond donors (Lipinski definition) is 1. The van der Waals surface area contributed by atoms with Gasteiger partial charge in [0.25, 0.3) is 0 Å². The van der Waals surface area contributed by atoms with Crippen LogP contribution in [0.5, 0.6) is 5.75 Å². The second kappa shape index (κ2) is 14.7. The Balaban J connectivity index is 1.75. The van der Waals surface area contributed by atoms with Gasteiger partial charge in [0.2, 0.25) is 0 Å². The fraction of sp³-hybridized carbons (Fsp3) is 0.364. The number of ether oxygens (including phenoxy) is 2. The minimum atomic E-state index is -3.93. The highest BCUT2D eigenvalue weighted by atomic mass is 19.3. The number of carbonyl (C=O) groups is 1. The van der Waals surface area contributed by atoms with Crippen LogP contribution in [0, 0.1) is 5.82 Å². The molecule has 0 amide bonds. The zero-order chi connectivity index (χ0) is 29.1. The standard InChI is InChI=1S/C33H37F3O4/c1-4-5-6-8-24-10-12-26(13-11-24)27-15-17-30(31(34)22-27)33(35,36)40-29-16-14-25(9-7-19-37)28(21-29)18-20-39-32(38)23(2)3/h10-17,21-22,37H,2,4-9,18-20H2,1,3H3. The maximum Gasteiger partial charge on any atom is 0.429 e. The number of aliphatic hydroxyl groups is 1. The lowest BCUT2D eigenvalue weighted by Crippen LogP contribution is -2.23. The van der Waals surface area contributed by atoms with Crippen LogP contribution in [0.1, 0.15) is 61.8 Å². The third-order valence-corrected chi connectivity index (χ3v) is 6.62. The summed E-state index contributed by atoms with van der Waals surface area (Å²) in [6.07, 6.45) is 1.68. The van der Waals surface area contributed by atoms with Gasteiger partial charge in [-0.1, -0.05) is 62.7 Å². The molecule has 0 aliphatic rings. The van der Waals surface area contributed by atoms with Crippen LogP contribution in [-0.4, -0.2) is 24.3 Å². The third-order valence-electron chi connectivity index (χ3n) is 6.62. The van der Waals surface area contributed by atoms with E-state index >= 15 is 8.78 Å². The molecule has 0 aliphatic heterocycles. The van der Waals surface area contributed by atoms with E-state index in [9.17, 15) is 14.3 Å². The zero-order valence-corrected chi connectivity index (χ0v) is 23.2. The molecule has 1 N–H and O–H groups in total. The van der Waals surface area contributed by atoms with Crippen molar-refractivity contribution >= 4 is 5.97 Å². The van der Waals surface area contributed by atoms with Crippen molar-refractivity contribution in [1.82, 2.24) is 0 Å². The predicted octanol–water partition coefficient (Wildman–Crippen LogP) is 7.94. The Morgan fingerprint density at radius 1 is 0.900 bits per heavy atom. The highest BCUT2D eigenvalue weighted by Crippen LogP contribution is 2.36. The van der Waals surface area contributed by atoms with Crippen LogP contribution in [0.2, 0.25) is 0 Å². The summed E-state index contributed by atoms with van der Waals surface area (Å²) in [5.41, 5.74) is 3.25. The van der Waals surface area contributed by atoms with E-state index < -0.39 is 23.5 Å². The Morgan fingerprint density at radius 2 is 1.62 bits per heavy atom. The van der Waals surface area contributed by atoms with E-state index in [0.29, 0.717) is 24.0 Å². The van der Waals surface area contributed by atoms with Gasteiger partial charge in [-0.25, -0.2) is 9.18 Å². The van der Waals surface area contributed by atoms with E-state index in [1.54, 1.807) is 6.07 Å². The molecule has 7 heteroatoms. The first-order chi connectivity index (χ1) is 19.1. The lowest BCUT2D eigenvalue weighted by molar-refractivity contribution is -0.187. The molecule has 3 rings (SSSR count). The van der Waals surface area contributed by atoms with E-state index in [4.69, 9.17) is 9.47 Å². The van der Waals surface area contributed by atoms with Gasteiger partial charge >= 0.3 is 12.1 Å². The largest absolute Gasteiger partial charge is 0.462 e. The van der Waals surface area contributed by atoms with Crippen LogP contribution >= 0.6 is 0 Å². The predicted molar refractivity (Wildman–Crippen MR) is 151 cm³/mol. The first kappa shape index (κ1) is 31.0. The molecule has 214 valence electrons. The Kier molecular flexibility index (Phi) is 11.4. The van der Waals surface area contributed by atoms with E-state index in [-0.39, 0.29) is 31.0 Å². The molecule has 0 saturated heterocycles. The Labute approximate surface area is 234 Å². The number of benzene rings is 3. The smallest absolute Gasteiger partial charge is 0.429 e. The average Bonchev–Trinajstić information content (AvgIpc) is 2.92. The summed E-state index contributed by atoms with van der Waals surface area (Å²) >= 11 is 0. The number of rotatable bonds is 15. The number of halogens is 3. The van der Waals surface area contributed by atoms with Crippen molar-refractivity contribution in [3.05, 3.63) is 101 Å². The molecule has 3 aromatic carbocycles. The summed E-state index contributed by atoms with van der Waals surface area (Å²) in [6.45, 7) is 7.20. The summed E-state index contributed by atoms with van der Waals surface area (Å²) in [5.74, 6) is -1.76. The van der Waals surface area contributed by atoms with Gasteiger partial charge in [0.05, 0.1) is 12.2 Å². The van der Waals surface area contributed by atoms with Gasteiger partial charge in [0, 0.05) is 18.6 Å². The molecule has 0 heterocycles. The minimum Gasteiger partial charge on any atom is -0.462 e. The van der Waals surface area contributed by atoms with Crippen LogP contribution in [0.3, 0.4) is 0 Å².